The fourth-order valence-corrected chi connectivity index (χ4v) is 1.45. The van der Waals surface area contributed by atoms with Gasteiger partial charge in [0.25, 0.3) is 0 Å². The van der Waals surface area contributed by atoms with E-state index in [1.54, 1.807) is 18.8 Å². The zero-order valence-electron chi connectivity index (χ0n) is 6.74. The number of rotatable bonds is 2. The van der Waals surface area contributed by atoms with Gasteiger partial charge in [-0.3, -0.25) is 0 Å². The van der Waals surface area contributed by atoms with Crippen molar-refractivity contribution >= 4 is 27.1 Å². The summed E-state index contributed by atoms with van der Waals surface area (Å²) < 4.78 is 10.3. The average Bonchev–Trinajstić information content (AvgIpc) is 2.62. The Morgan fingerprint density at radius 1 is 1.38 bits per heavy atom. The molecule has 0 amide bonds. The Morgan fingerprint density at radius 3 is 2.69 bits per heavy atom. The first-order valence-electron chi connectivity index (χ1n) is 3.74. The van der Waals surface area contributed by atoms with Crippen molar-refractivity contribution in [2.24, 2.45) is 0 Å². The maximum absolute atomic E-state index is 10.6. The molecule has 0 atom stereocenters. The van der Waals surface area contributed by atoms with Crippen molar-refractivity contribution in [3.8, 4) is 11.5 Å². The summed E-state index contributed by atoms with van der Waals surface area (Å²) >= 11 is 0. The molecule has 0 aliphatic carbocycles. The first-order valence-corrected chi connectivity index (χ1v) is 4.32. The number of fused-ring (bicyclic) bond motifs is 1. The summed E-state index contributed by atoms with van der Waals surface area (Å²) in [5.74, 6) is 1.30. The SMILES string of the molecule is O=Cc1cc2c(cc1B=P)OCO2. The van der Waals surface area contributed by atoms with Gasteiger partial charge in [-0.25, -0.2) is 0 Å². The molecule has 0 bridgehead atoms. The van der Waals surface area contributed by atoms with E-state index in [2.05, 4.69) is 8.73 Å². The fourth-order valence-electron chi connectivity index (χ4n) is 1.20. The Balaban J connectivity index is 2.59. The molecular weight excluding hydrogens is 186 g/mol. The molecule has 0 unspecified atom stereocenters. The zero-order chi connectivity index (χ0) is 9.26. The minimum atomic E-state index is 0.221. The molecule has 0 spiro atoms. The van der Waals surface area contributed by atoms with Gasteiger partial charge in [0.15, 0.2) is 0 Å². The van der Waals surface area contributed by atoms with Crippen LogP contribution >= 0.6 is 8.73 Å². The van der Waals surface area contributed by atoms with Crippen molar-refractivity contribution in [3.05, 3.63) is 17.7 Å². The molecule has 0 fully saturated rings. The summed E-state index contributed by atoms with van der Waals surface area (Å²) in [5, 5.41) is 0. The van der Waals surface area contributed by atoms with E-state index >= 15 is 0 Å². The molecule has 2 rings (SSSR count). The summed E-state index contributed by atoms with van der Waals surface area (Å²) in [6.07, 6.45) is 0.786. The van der Waals surface area contributed by atoms with E-state index in [1.807, 2.05) is 0 Å². The van der Waals surface area contributed by atoms with E-state index < -0.39 is 0 Å². The second-order valence-electron chi connectivity index (χ2n) is 2.60. The molecule has 3 nitrogen and oxygen atoms in total. The van der Waals surface area contributed by atoms with Gasteiger partial charge in [-0.15, -0.1) is 0 Å². The van der Waals surface area contributed by atoms with Crippen LogP contribution in [0.1, 0.15) is 10.4 Å². The molecule has 0 N–H and O–H groups in total. The van der Waals surface area contributed by atoms with E-state index in [0.29, 0.717) is 17.1 Å². The van der Waals surface area contributed by atoms with Crippen LogP contribution in [0, 0.1) is 0 Å². The number of hydrogen-bond donors (Lipinski definition) is 0. The Bertz CT molecular complexity index is 343. The van der Waals surface area contributed by atoms with Gasteiger partial charge in [-0.1, -0.05) is 0 Å². The summed E-state index contributed by atoms with van der Waals surface area (Å²) in [4.78, 5) is 10.6. The van der Waals surface area contributed by atoms with Crippen LogP contribution in [0.2, 0.25) is 0 Å². The molecule has 0 radical (unpaired) electrons. The van der Waals surface area contributed by atoms with Crippen molar-refractivity contribution in [1.29, 1.82) is 0 Å². The van der Waals surface area contributed by atoms with Crippen molar-refractivity contribution < 1.29 is 14.3 Å². The van der Waals surface area contributed by atoms with E-state index in [-0.39, 0.29) is 6.79 Å². The number of carbonyl (C=O) groups is 1. The molecule has 13 heavy (non-hydrogen) atoms. The van der Waals surface area contributed by atoms with E-state index in [4.69, 9.17) is 9.47 Å². The summed E-state index contributed by atoms with van der Waals surface area (Å²) in [6.45, 7) is 1.89. The predicted molar refractivity (Wildman–Crippen MR) is 51.7 cm³/mol. The van der Waals surface area contributed by atoms with Crippen LogP contribution in [0.3, 0.4) is 0 Å². The second kappa shape index (κ2) is 3.31. The van der Waals surface area contributed by atoms with Gasteiger partial charge < -0.3 is 0 Å². The molecule has 1 aliphatic heterocycles. The zero-order valence-corrected chi connectivity index (χ0v) is 7.74. The third kappa shape index (κ3) is 1.38. The number of benzene rings is 1. The standard InChI is InChI=1S/C8H6BO3P/c10-3-5-1-7-8(12-4-11-7)2-6(5)9-13/h1-3,13H,4H2. The molecule has 1 aliphatic rings. The van der Waals surface area contributed by atoms with Crippen molar-refractivity contribution in [1.82, 2.24) is 0 Å². The van der Waals surface area contributed by atoms with Crippen molar-refractivity contribution in [2.45, 2.75) is 0 Å². The molecule has 1 aromatic rings. The average molecular weight is 192 g/mol. The quantitative estimate of drug-likeness (QED) is 0.391. The van der Waals surface area contributed by atoms with Crippen LogP contribution in [-0.2, 0) is 0 Å². The predicted octanol–water partition coefficient (Wildman–Crippen LogP) is 0.615. The van der Waals surface area contributed by atoms with Crippen LogP contribution < -0.4 is 14.9 Å². The molecule has 5 heteroatoms. The topological polar surface area (TPSA) is 35.5 Å². The monoisotopic (exact) mass is 192 g/mol. The maximum atomic E-state index is 10.6. The molecule has 1 aromatic carbocycles. The molecule has 0 aromatic heterocycles. The molecular formula is C8H6BO3P. The minimum absolute atomic E-state index is 0.221. The Kier molecular flexibility index (Phi) is 2.15. The van der Waals surface area contributed by atoms with Gasteiger partial charge in [0.1, 0.15) is 0 Å². The third-order valence-corrected chi connectivity index (χ3v) is 2.17. The van der Waals surface area contributed by atoms with Gasteiger partial charge in [-0.05, 0) is 0 Å². The molecule has 0 saturated heterocycles. The number of aldehydes is 1. The van der Waals surface area contributed by atoms with Crippen LogP contribution in [0.15, 0.2) is 12.1 Å². The number of hydrogen-bond acceptors (Lipinski definition) is 3. The van der Waals surface area contributed by atoms with Gasteiger partial charge >= 0.3 is 77.4 Å². The van der Waals surface area contributed by atoms with Gasteiger partial charge in [-0.2, -0.15) is 0 Å². The molecule has 0 saturated carbocycles. The third-order valence-electron chi connectivity index (χ3n) is 1.86. The van der Waals surface area contributed by atoms with Crippen molar-refractivity contribution in [3.63, 3.8) is 0 Å². The summed E-state index contributed by atoms with van der Waals surface area (Å²) in [5.41, 5.74) is 1.37. The van der Waals surface area contributed by atoms with Crippen LogP contribution in [0.5, 0.6) is 11.5 Å². The Morgan fingerprint density at radius 2 is 2.08 bits per heavy atom. The Labute approximate surface area is 78.1 Å². The number of carbonyl (C=O) groups excluding carboxylic acids is 1. The molecule has 64 valence electrons. The van der Waals surface area contributed by atoms with Gasteiger partial charge in [0.2, 0.25) is 0 Å². The van der Waals surface area contributed by atoms with E-state index in [9.17, 15) is 4.79 Å². The van der Waals surface area contributed by atoms with Gasteiger partial charge in [0.05, 0.1) is 0 Å². The second-order valence-corrected chi connectivity index (χ2v) is 2.89. The van der Waals surface area contributed by atoms with Gasteiger partial charge in [0, 0.05) is 0 Å². The first kappa shape index (κ1) is 8.45. The van der Waals surface area contributed by atoms with Crippen LogP contribution in [0.4, 0.5) is 0 Å². The summed E-state index contributed by atoms with van der Waals surface area (Å²) in [7, 11) is 3.23. The normalized spacial score (nSPS) is 12.3. The fraction of sp³-hybridized carbons (Fsp3) is 0.125. The number of ether oxygens (including phenoxy) is 2. The van der Waals surface area contributed by atoms with E-state index in [1.165, 1.54) is 0 Å². The first-order chi connectivity index (χ1) is 6.35. The van der Waals surface area contributed by atoms with Crippen LogP contribution in [0.25, 0.3) is 0 Å². The van der Waals surface area contributed by atoms with Crippen LogP contribution in [-0.4, -0.2) is 19.7 Å². The summed E-state index contributed by atoms with van der Waals surface area (Å²) in [6, 6.07) is 3.43. The Hall–Kier alpha value is -1.15. The molecule has 1 heterocycles. The van der Waals surface area contributed by atoms with E-state index in [0.717, 1.165) is 11.7 Å². The van der Waals surface area contributed by atoms with Crippen molar-refractivity contribution in [2.75, 3.05) is 6.79 Å².